The molecule has 0 saturated carbocycles. The number of carbonyl (C=O) groups excluding carboxylic acids is 2. The number of hydrogen-bond donors (Lipinski definition) is 4. The summed E-state index contributed by atoms with van der Waals surface area (Å²) in [4.78, 5) is 23.5. The van der Waals surface area contributed by atoms with Crippen molar-refractivity contribution in [1.29, 1.82) is 0 Å². The standard InChI is InChI=1S/C13H17N3O3/c17-11-3-1-2-10(8-11)15-13(19)16-12(18)9-4-6-14-7-5-9/h1-3,8-9,14,17H,4-7H2,(H2,15,16,18,19). The van der Waals surface area contributed by atoms with Crippen LogP contribution in [0.15, 0.2) is 24.3 Å². The maximum atomic E-state index is 11.8. The smallest absolute Gasteiger partial charge is 0.325 e. The fourth-order valence-electron chi connectivity index (χ4n) is 2.04. The summed E-state index contributed by atoms with van der Waals surface area (Å²) in [6.45, 7) is 1.60. The highest BCUT2D eigenvalue weighted by atomic mass is 16.3. The highest BCUT2D eigenvalue weighted by molar-refractivity contribution is 6.01. The normalized spacial score (nSPS) is 15.8. The van der Waals surface area contributed by atoms with E-state index in [-0.39, 0.29) is 17.6 Å². The number of amides is 3. The number of benzene rings is 1. The van der Waals surface area contributed by atoms with E-state index in [1.165, 1.54) is 12.1 Å². The Hall–Kier alpha value is -2.08. The molecule has 19 heavy (non-hydrogen) atoms. The van der Waals surface area contributed by atoms with Gasteiger partial charge in [0, 0.05) is 17.7 Å². The van der Waals surface area contributed by atoms with Crippen LogP contribution in [0.2, 0.25) is 0 Å². The Balaban J connectivity index is 1.85. The molecule has 1 aromatic carbocycles. The summed E-state index contributed by atoms with van der Waals surface area (Å²) in [5.41, 5.74) is 0.440. The second kappa shape index (κ2) is 6.19. The predicted molar refractivity (Wildman–Crippen MR) is 70.9 cm³/mol. The van der Waals surface area contributed by atoms with Crippen LogP contribution < -0.4 is 16.0 Å². The summed E-state index contributed by atoms with van der Waals surface area (Å²) in [7, 11) is 0. The van der Waals surface area contributed by atoms with Crippen molar-refractivity contribution in [2.45, 2.75) is 12.8 Å². The number of anilines is 1. The van der Waals surface area contributed by atoms with Gasteiger partial charge in [-0.25, -0.2) is 4.79 Å². The summed E-state index contributed by atoms with van der Waals surface area (Å²) >= 11 is 0. The molecule has 0 unspecified atom stereocenters. The minimum Gasteiger partial charge on any atom is -0.508 e. The third kappa shape index (κ3) is 3.96. The molecular formula is C13H17N3O3. The van der Waals surface area contributed by atoms with Crippen LogP contribution in [0.25, 0.3) is 0 Å². The number of carbonyl (C=O) groups is 2. The highest BCUT2D eigenvalue weighted by Gasteiger charge is 2.22. The van der Waals surface area contributed by atoms with Gasteiger partial charge >= 0.3 is 6.03 Å². The van der Waals surface area contributed by atoms with Gasteiger partial charge in [-0.1, -0.05) is 6.07 Å². The van der Waals surface area contributed by atoms with Crippen LogP contribution in [0.1, 0.15) is 12.8 Å². The maximum Gasteiger partial charge on any atom is 0.325 e. The van der Waals surface area contributed by atoms with Crippen LogP contribution in [0.4, 0.5) is 10.5 Å². The van der Waals surface area contributed by atoms with Crippen molar-refractivity contribution < 1.29 is 14.7 Å². The summed E-state index contributed by atoms with van der Waals surface area (Å²) < 4.78 is 0. The first-order valence-electron chi connectivity index (χ1n) is 6.27. The van der Waals surface area contributed by atoms with E-state index in [4.69, 9.17) is 0 Å². The van der Waals surface area contributed by atoms with E-state index >= 15 is 0 Å². The van der Waals surface area contributed by atoms with Crippen LogP contribution in [0, 0.1) is 5.92 Å². The van der Waals surface area contributed by atoms with Gasteiger partial charge < -0.3 is 15.7 Å². The van der Waals surface area contributed by atoms with Gasteiger partial charge in [0.1, 0.15) is 5.75 Å². The Morgan fingerprint density at radius 2 is 2.00 bits per heavy atom. The number of piperidine rings is 1. The van der Waals surface area contributed by atoms with Gasteiger partial charge in [0.2, 0.25) is 5.91 Å². The molecule has 0 aromatic heterocycles. The molecule has 4 N–H and O–H groups in total. The Kier molecular flexibility index (Phi) is 4.35. The molecule has 1 aromatic rings. The molecule has 0 bridgehead atoms. The van der Waals surface area contributed by atoms with Crippen molar-refractivity contribution in [3.05, 3.63) is 24.3 Å². The van der Waals surface area contributed by atoms with Crippen molar-refractivity contribution >= 4 is 17.6 Å². The number of nitrogens with one attached hydrogen (secondary N) is 3. The van der Waals surface area contributed by atoms with Gasteiger partial charge in [-0.3, -0.25) is 10.1 Å². The van der Waals surface area contributed by atoms with Gasteiger partial charge in [0.05, 0.1) is 0 Å². The van der Waals surface area contributed by atoms with Crippen molar-refractivity contribution in [2.24, 2.45) is 5.92 Å². The van der Waals surface area contributed by atoms with Gasteiger partial charge in [-0.15, -0.1) is 0 Å². The zero-order valence-electron chi connectivity index (χ0n) is 10.5. The van der Waals surface area contributed by atoms with Crippen molar-refractivity contribution in [3.63, 3.8) is 0 Å². The molecule has 1 aliphatic rings. The maximum absolute atomic E-state index is 11.8. The number of phenolic OH excluding ortho intramolecular Hbond substituents is 1. The molecule has 3 amide bonds. The number of imide groups is 1. The monoisotopic (exact) mass is 263 g/mol. The topological polar surface area (TPSA) is 90.5 Å². The van der Waals surface area contributed by atoms with Crippen molar-refractivity contribution in [1.82, 2.24) is 10.6 Å². The second-order valence-electron chi connectivity index (χ2n) is 4.52. The van der Waals surface area contributed by atoms with Crippen LogP contribution in [-0.4, -0.2) is 30.1 Å². The molecular weight excluding hydrogens is 246 g/mol. The van der Waals surface area contributed by atoms with E-state index in [2.05, 4.69) is 16.0 Å². The lowest BCUT2D eigenvalue weighted by Gasteiger charge is -2.21. The average molecular weight is 263 g/mol. The van der Waals surface area contributed by atoms with Gasteiger partial charge in [-0.2, -0.15) is 0 Å². The van der Waals surface area contributed by atoms with Crippen molar-refractivity contribution in [2.75, 3.05) is 18.4 Å². The zero-order valence-corrected chi connectivity index (χ0v) is 10.5. The number of rotatable bonds is 2. The van der Waals surface area contributed by atoms with Crippen molar-refractivity contribution in [3.8, 4) is 5.75 Å². The molecule has 0 atom stereocenters. The van der Waals surface area contributed by atoms with E-state index in [0.717, 1.165) is 25.9 Å². The van der Waals surface area contributed by atoms with Gasteiger partial charge in [0.25, 0.3) is 0 Å². The fraction of sp³-hybridized carbons (Fsp3) is 0.385. The average Bonchev–Trinajstić information content (AvgIpc) is 2.39. The molecule has 6 heteroatoms. The first-order valence-corrected chi connectivity index (χ1v) is 6.27. The van der Waals surface area contributed by atoms with Crippen LogP contribution in [-0.2, 0) is 4.79 Å². The molecule has 1 saturated heterocycles. The van der Waals surface area contributed by atoms with E-state index in [1.807, 2.05) is 0 Å². The number of hydrogen-bond acceptors (Lipinski definition) is 4. The molecule has 102 valence electrons. The lowest BCUT2D eigenvalue weighted by molar-refractivity contribution is -0.124. The Morgan fingerprint density at radius 1 is 1.26 bits per heavy atom. The second-order valence-corrected chi connectivity index (χ2v) is 4.52. The SMILES string of the molecule is O=C(NC(=O)C1CCNCC1)Nc1cccc(O)c1. The molecule has 2 rings (SSSR count). The zero-order chi connectivity index (χ0) is 13.7. The number of phenols is 1. The predicted octanol–water partition coefficient (Wildman–Crippen LogP) is 1.04. The molecule has 0 spiro atoms. The molecule has 1 fully saturated rings. The molecule has 6 nitrogen and oxygen atoms in total. The van der Waals surface area contributed by atoms with E-state index in [0.29, 0.717) is 5.69 Å². The molecule has 0 radical (unpaired) electrons. The molecule has 1 aliphatic heterocycles. The summed E-state index contributed by atoms with van der Waals surface area (Å²) in [6, 6.07) is 5.58. The molecule has 1 heterocycles. The first kappa shape index (κ1) is 13.4. The minimum absolute atomic E-state index is 0.0579. The van der Waals surface area contributed by atoms with Crippen LogP contribution in [0.5, 0.6) is 5.75 Å². The lowest BCUT2D eigenvalue weighted by atomic mass is 9.97. The lowest BCUT2D eigenvalue weighted by Crippen LogP contribution is -2.42. The third-order valence-electron chi connectivity index (χ3n) is 3.05. The summed E-state index contributed by atoms with van der Waals surface area (Å²) in [5, 5.41) is 17.3. The minimum atomic E-state index is -0.575. The largest absolute Gasteiger partial charge is 0.508 e. The van der Waals surface area contributed by atoms with Gasteiger partial charge in [0.15, 0.2) is 0 Å². The van der Waals surface area contributed by atoms with Crippen LogP contribution in [0.3, 0.4) is 0 Å². The number of urea groups is 1. The summed E-state index contributed by atoms with van der Waals surface area (Å²) in [5.74, 6) is -0.308. The summed E-state index contributed by atoms with van der Waals surface area (Å²) in [6.07, 6.45) is 1.48. The quantitative estimate of drug-likeness (QED) is 0.641. The Morgan fingerprint density at radius 3 is 2.68 bits per heavy atom. The molecule has 0 aliphatic carbocycles. The van der Waals surface area contributed by atoms with E-state index < -0.39 is 6.03 Å². The first-order chi connectivity index (χ1) is 9.15. The van der Waals surface area contributed by atoms with E-state index in [9.17, 15) is 14.7 Å². The van der Waals surface area contributed by atoms with Gasteiger partial charge in [-0.05, 0) is 38.1 Å². The fourth-order valence-corrected chi connectivity index (χ4v) is 2.04. The Labute approximate surface area is 111 Å². The third-order valence-corrected chi connectivity index (χ3v) is 3.05. The highest BCUT2D eigenvalue weighted by Crippen LogP contribution is 2.15. The Bertz CT molecular complexity index is 470. The van der Waals surface area contributed by atoms with E-state index in [1.54, 1.807) is 12.1 Å². The van der Waals surface area contributed by atoms with Crippen LogP contribution >= 0.6 is 0 Å². The number of aromatic hydroxyl groups is 1.